The minimum Gasteiger partial charge on any atom is -0.350 e. The molecule has 0 unspecified atom stereocenters. The largest absolute Gasteiger partial charge is 0.350 e. The second-order valence-corrected chi connectivity index (χ2v) is 5.81. The number of nitrogens with zero attached hydrogens (tertiary/aromatic N) is 1. The monoisotopic (exact) mass is 375 g/mol. The number of nitro benzene ring substituents is 1. The summed E-state index contributed by atoms with van der Waals surface area (Å²) >= 11 is 7.14. The third kappa shape index (κ3) is 5.80. The molecule has 0 atom stereocenters. The minimum absolute atomic E-state index is 0. The molecule has 0 aliphatic carbocycles. The number of nitro groups is 1. The Morgan fingerprint density at radius 2 is 2.09 bits per heavy atom. The quantitative estimate of drug-likeness (QED) is 0.441. The van der Waals surface area contributed by atoms with Gasteiger partial charge in [0.15, 0.2) is 0 Å². The van der Waals surface area contributed by atoms with Gasteiger partial charge in [-0.05, 0) is 23.1 Å². The molecule has 2 aromatic rings. The number of amides is 1. The second-order valence-electron chi connectivity index (χ2n) is 4.45. The van der Waals surface area contributed by atoms with Crippen molar-refractivity contribution >= 4 is 46.9 Å². The molecular weight excluding hydrogens is 361 g/mol. The van der Waals surface area contributed by atoms with Crippen LogP contribution in [-0.2, 0) is 6.54 Å². The first kappa shape index (κ1) is 19.4. The number of benzene rings is 1. The highest BCUT2D eigenvalue weighted by Gasteiger charge is 2.12. The summed E-state index contributed by atoms with van der Waals surface area (Å²) < 4.78 is 0. The van der Waals surface area contributed by atoms with E-state index in [1.54, 1.807) is 12.1 Å². The molecular formula is C14H15Cl2N3O3S. The molecule has 0 bridgehead atoms. The first-order chi connectivity index (χ1) is 10.6. The van der Waals surface area contributed by atoms with Crippen molar-refractivity contribution in [3.8, 4) is 0 Å². The Labute approximate surface area is 148 Å². The summed E-state index contributed by atoms with van der Waals surface area (Å²) in [5, 5.41) is 18.7. The van der Waals surface area contributed by atoms with E-state index >= 15 is 0 Å². The fraction of sp³-hybridized carbons (Fsp3) is 0.214. The molecule has 1 aromatic heterocycles. The summed E-state index contributed by atoms with van der Waals surface area (Å²) in [6, 6.07) is 8.27. The van der Waals surface area contributed by atoms with Gasteiger partial charge in [0, 0.05) is 25.7 Å². The fourth-order valence-corrected chi connectivity index (χ4v) is 2.63. The number of hydrogen-bond donors (Lipinski definition) is 2. The van der Waals surface area contributed by atoms with E-state index < -0.39 is 4.92 Å². The van der Waals surface area contributed by atoms with Crippen LogP contribution < -0.4 is 10.6 Å². The smallest absolute Gasteiger partial charge is 0.288 e. The third-order valence-electron chi connectivity index (χ3n) is 2.87. The summed E-state index contributed by atoms with van der Waals surface area (Å²) in [6.45, 7) is 1.51. The Kier molecular flexibility index (Phi) is 7.97. The van der Waals surface area contributed by atoms with Crippen molar-refractivity contribution in [3.63, 3.8) is 0 Å². The van der Waals surface area contributed by atoms with Crippen LogP contribution in [0.4, 0.5) is 5.69 Å². The van der Waals surface area contributed by atoms with Gasteiger partial charge in [0.2, 0.25) is 0 Å². The van der Waals surface area contributed by atoms with Gasteiger partial charge in [-0.1, -0.05) is 23.7 Å². The first-order valence-corrected chi connectivity index (χ1v) is 7.79. The molecule has 0 spiro atoms. The van der Waals surface area contributed by atoms with Crippen LogP contribution in [0.1, 0.15) is 15.2 Å². The molecule has 1 amide bonds. The summed E-state index contributed by atoms with van der Waals surface area (Å²) in [7, 11) is 0. The molecule has 0 aliphatic rings. The van der Waals surface area contributed by atoms with Crippen molar-refractivity contribution < 1.29 is 9.72 Å². The predicted octanol–water partition coefficient (Wildman–Crippen LogP) is 3.25. The van der Waals surface area contributed by atoms with Gasteiger partial charge in [0.05, 0.1) is 9.80 Å². The number of carbonyl (C=O) groups excluding carboxylic acids is 1. The third-order valence-corrected chi connectivity index (χ3v) is 4.06. The number of hydrogen-bond acceptors (Lipinski definition) is 5. The van der Waals surface area contributed by atoms with E-state index in [0.717, 1.165) is 5.56 Å². The minimum atomic E-state index is -0.507. The standard InChI is InChI=1S/C14H14ClN3O3S.ClH/c15-11-4-3-10(8-12(11)18(20)21)9-16-5-6-17-14(19)13-2-1-7-22-13;/h1-4,7-8,16H,5-6,9H2,(H,17,19);1H. The van der Waals surface area contributed by atoms with Gasteiger partial charge in [0.25, 0.3) is 11.6 Å². The van der Waals surface area contributed by atoms with Gasteiger partial charge >= 0.3 is 0 Å². The summed E-state index contributed by atoms with van der Waals surface area (Å²) in [5.74, 6) is -0.0982. The molecule has 2 N–H and O–H groups in total. The molecule has 0 saturated carbocycles. The van der Waals surface area contributed by atoms with E-state index in [-0.39, 0.29) is 29.0 Å². The Morgan fingerprint density at radius 3 is 2.74 bits per heavy atom. The van der Waals surface area contributed by atoms with Crippen molar-refractivity contribution in [1.29, 1.82) is 0 Å². The second kappa shape index (κ2) is 9.46. The maximum atomic E-state index is 11.7. The van der Waals surface area contributed by atoms with Gasteiger partial charge < -0.3 is 10.6 Å². The first-order valence-electron chi connectivity index (χ1n) is 6.53. The van der Waals surface area contributed by atoms with Gasteiger partial charge in [-0.15, -0.1) is 23.7 Å². The molecule has 1 heterocycles. The molecule has 6 nitrogen and oxygen atoms in total. The number of rotatable bonds is 7. The highest BCUT2D eigenvalue weighted by molar-refractivity contribution is 7.12. The predicted molar refractivity (Wildman–Crippen MR) is 93.7 cm³/mol. The van der Waals surface area contributed by atoms with Crippen LogP contribution >= 0.6 is 35.3 Å². The van der Waals surface area contributed by atoms with Crippen LogP contribution in [0.25, 0.3) is 0 Å². The van der Waals surface area contributed by atoms with Gasteiger partial charge in [0.1, 0.15) is 5.02 Å². The average molecular weight is 376 g/mol. The molecule has 0 radical (unpaired) electrons. The highest BCUT2D eigenvalue weighted by atomic mass is 35.5. The summed E-state index contributed by atoms with van der Waals surface area (Å²) in [6.07, 6.45) is 0. The van der Waals surface area contributed by atoms with E-state index in [9.17, 15) is 14.9 Å². The van der Waals surface area contributed by atoms with E-state index in [0.29, 0.717) is 24.5 Å². The van der Waals surface area contributed by atoms with Crippen LogP contribution in [0.5, 0.6) is 0 Å². The SMILES string of the molecule is Cl.O=C(NCCNCc1ccc(Cl)c([N+](=O)[O-])c1)c1cccs1. The lowest BCUT2D eigenvalue weighted by Crippen LogP contribution is -2.31. The van der Waals surface area contributed by atoms with Crippen LogP contribution in [0.15, 0.2) is 35.7 Å². The maximum Gasteiger partial charge on any atom is 0.288 e. The molecule has 1 aromatic carbocycles. The molecule has 9 heteroatoms. The Bertz CT molecular complexity index is 665. The Balaban J connectivity index is 0.00000264. The fourth-order valence-electron chi connectivity index (χ4n) is 1.80. The van der Waals surface area contributed by atoms with Crippen LogP contribution in [-0.4, -0.2) is 23.9 Å². The number of halogens is 2. The zero-order valence-electron chi connectivity index (χ0n) is 12.0. The van der Waals surface area contributed by atoms with Crippen LogP contribution in [0.2, 0.25) is 5.02 Å². The van der Waals surface area contributed by atoms with Crippen molar-refractivity contribution in [3.05, 3.63) is 61.3 Å². The zero-order chi connectivity index (χ0) is 15.9. The maximum absolute atomic E-state index is 11.7. The summed E-state index contributed by atoms with van der Waals surface area (Å²) in [4.78, 5) is 22.6. The van der Waals surface area contributed by atoms with Gasteiger partial charge in [-0.25, -0.2) is 0 Å². The topological polar surface area (TPSA) is 84.3 Å². The molecule has 2 rings (SSSR count). The Morgan fingerprint density at radius 1 is 1.30 bits per heavy atom. The Hall–Kier alpha value is -1.67. The van der Waals surface area contributed by atoms with Crippen molar-refractivity contribution in [2.24, 2.45) is 0 Å². The van der Waals surface area contributed by atoms with E-state index in [4.69, 9.17) is 11.6 Å². The number of thiophene rings is 1. The molecule has 23 heavy (non-hydrogen) atoms. The van der Waals surface area contributed by atoms with Crippen molar-refractivity contribution in [2.75, 3.05) is 13.1 Å². The van der Waals surface area contributed by atoms with E-state index in [2.05, 4.69) is 10.6 Å². The normalized spacial score (nSPS) is 9.96. The average Bonchev–Trinajstić information content (AvgIpc) is 3.02. The van der Waals surface area contributed by atoms with Gasteiger partial charge in [-0.3, -0.25) is 14.9 Å². The molecule has 0 saturated heterocycles. The van der Waals surface area contributed by atoms with Crippen LogP contribution in [0, 0.1) is 10.1 Å². The molecule has 0 fully saturated rings. The van der Waals surface area contributed by atoms with Crippen LogP contribution in [0.3, 0.4) is 0 Å². The lowest BCUT2D eigenvalue weighted by atomic mass is 10.2. The molecule has 124 valence electrons. The number of carbonyl (C=O) groups is 1. The van der Waals surface area contributed by atoms with E-state index in [1.807, 2.05) is 11.4 Å². The highest BCUT2D eigenvalue weighted by Crippen LogP contribution is 2.24. The van der Waals surface area contributed by atoms with Crippen molar-refractivity contribution in [1.82, 2.24) is 10.6 Å². The summed E-state index contributed by atoms with van der Waals surface area (Å²) in [5.41, 5.74) is 0.660. The molecule has 0 aliphatic heterocycles. The number of nitrogens with one attached hydrogen (secondary N) is 2. The van der Waals surface area contributed by atoms with Crippen molar-refractivity contribution in [2.45, 2.75) is 6.54 Å². The lowest BCUT2D eigenvalue weighted by Gasteiger charge is -2.06. The zero-order valence-corrected chi connectivity index (χ0v) is 14.3. The van der Waals surface area contributed by atoms with E-state index in [1.165, 1.54) is 23.5 Å². The van der Waals surface area contributed by atoms with Gasteiger partial charge in [-0.2, -0.15) is 0 Å². The lowest BCUT2D eigenvalue weighted by molar-refractivity contribution is -0.384.